The first-order valence-electron chi connectivity index (χ1n) is 4.27. The summed E-state index contributed by atoms with van der Waals surface area (Å²) in [4.78, 5) is 22.0. The maximum Gasteiger partial charge on any atom is 0.251 e. The first-order chi connectivity index (χ1) is 7.00. The SMILES string of the molecule is CC(=O)CNC(=O)c1ccc(O)c(Cl)c1. The molecule has 0 aliphatic rings. The Morgan fingerprint density at radius 3 is 2.67 bits per heavy atom. The zero-order valence-electron chi connectivity index (χ0n) is 8.08. The summed E-state index contributed by atoms with van der Waals surface area (Å²) in [7, 11) is 0. The third-order valence-electron chi connectivity index (χ3n) is 1.71. The molecule has 0 aromatic heterocycles. The van der Waals surface area contributed by atoms with Crippen LogP contribution >= 0.6 is 11.6 Å². The molecule has 0 saturated heterocycles. The lowest BCUT2D eigenvalue weighted by Crippen LogP contribution is -2.28. The molecule has 0 fully saturated rings. The molecule has 1 aromatic rings. The van der Waals surface area contributed by atoms with Crippen molar-refractivity contribution in [2.45, 2.75) is 6.92 Å². The molecule has 1 amide bonds. The van der Waals surface area contributed by atoms with Gasteiger partial charge in [0.1, 0.15) is 11.5 Å². The van der Waals surface area contributed by atoms with Crippen molar-refractivity contribution >= 4 is 23.3 Å². The Balaban J connectivity index is 2.74. The van der Waals surface area contributed by atoms with Crippen molar-refractivity contribution in [3.63, 3.8) is 0 Å². The number of hydrogen-bond donors (Lipinski definition) is 2. The maximum atomic E-state index is 11.4. The minimum absolute atomic E-state index is 0.0165. The van der Waals surface area contributed by atoms with Crippen LogP contribution in [0.4, 0.5) is 0 Å². The van der Waals surface area contributed by atoms with Crippen LogP contribution < -0.4 is 5.32 Å². The molecule has 5 heteroatoms. The highest BCUT2D eigenvalue weighted by molar-refractivity contribution is 6.32. The van der Waals surface area contributed by atoms with E-state index in [1.54, 1.807) is 0 Å². The standard InChI is InChI=1S/C10H10ClNO3/c1-6(13)5-12-10(15)7-2-3-9(14)8(11)4-7/h2-4,14H,5H2,1H3,(H,12,15). The van der Waals surface area contributed by atoms with Crippen LogP contribution in [0.5, 0.6) is 5.75 Å². The predicted octanol–water partition coefficient (Wildman–Crippen LogP) is 1.36. The van der Waals surface area contributed by atoms with Gasteiger partial charge in [-0.1, -0.05) is 11.6 Å². The van der Waals surface area contributed by atoms with Gasteiger partial charge in [0, 0.05) is 5.56 Å². The van der Waals surface area contributed by atoms with Gasteiger partial charge < -0.3 is 10.4 Å². The zero-order chi connectivity index (χ0) is 11.4. The number of amides is 1. The largest absolute Gasteiger partial charge is 0.506 e. The first kappa shape index (κ1) is 11.5. The van der Waals surface area contributed by atoms with E-state index in [1.807, 2.05) is 0 Å². The number of ketones is 1. The molecular weight excluding hydrogens is 218 g/mol. The molecule has 0 unspecified atom stereocenters. The second kappa shape index (κ2) is 4.79. The van der Waals surface area contributed by atoms with Crippen LogP contribution in [0.3, 0.4) is 0 Å². The van der Waals surface area contributed by atoms with E-state index in [4.69, 9.17) is 16.7 Å². The van der Waals surface area contributed by atoms with Crippen molar-refractivity contribution in [2.24, 2.45) is 0 Å². The fourth-order valence-electron chi connectivity index (χ4n) is 0.955. The zero-order valence-corrected chi connectivity index (χ0v) is 8.84. The summed E-state index contributed by atoms with van der Waals surface area (Å²) in [5.41, 5.74) is 0.305. The first-order valence-corrected chi connectivity index (χ1v) is 4.64. The van der Waals surface area contributed by atoms with Gasteiger partial charge >= 0.3 is 0 Å². The number of hydrogen-bond acceptors (Lipinski definition) is 3. The number of phenols is 1. The van der Waals surface area contributed by atoms with Gasteiger partial charge in [0.25, 0.3) is 5.91 Å². The molecule has 0 heterocycles. The Morgan fingerprint density at radius 2 is 2.13 bits per heavy atom. The summed E-state index contributed by atoms with van der Waals surface area (Å²) >= 11 is 5.62. The Kier molecular flexibility index (Phi) is 3.68. The summed E-state index contributed by atoms with van der Waals surface area (Å²) in [6, 6.07) is 4.09. The minimum Gasteiger partial charge on any atom is -0.506 e. The fraction of sp³-hybridized carbons (Fsp3) is 0.200. The molecule has 0 aliphatic heterocycles. The third kappa shape index (κ3) is 3.25. The molecule has 15 heavy (non-hydrogen) atoms. The number of Topliss-reactive ketones (excluding diaryl/α,β-unsaturated/α-hetero) is 1. The van der Waals surface area contributed by atoms with Gasteiger partial charge in [-0.3, -0.25) is 9.59 Å². The monoisotopic (exact) mass is 227 g/mol. The van der Waals surface area contributed by atoms with Gasteiger partial charge in [0.05, 0.1) is 11.6 Å². The van der Waals surface area contributed by atoms with E-state index in [-0.39, 0.29) is 23.1 Å². The van der Waals surface area contributed by atoms with Crippen molar-refractivity contribution in [1.29, 1.82) is 0 Å². The number of phenolic OH excluding ortho intramolecular Hbond substituents is 1. The van der Waals surface area contributed by atoms with Crippen molar-refractivity contribution in [2.75, 3.05) is 6.54 Å². The molecule has 0 aliphatic carbocycles. The molecule has 0 bridgehead atoms. The van der Waals surface area contributed by atoms with E-state index < -0.39 is 5.91 Å². The van der Waals surface area contributed by atoms with Crippen LogP contribution in [0.25, 0.3) is 0 Å². The van der Waals surface area contributed by atoms with E-state index in [9.17, 15) is 9.59 Å². The van der Waals surface area contributed by atoms with Crippen LogP contribution in [0, 0.1) is 0 Å². The van der Waals surface area contributed by atoms with E-state index in [2.05, 4.69) is 5.32 Å². The highest BCUT2D eigenvalue weighted by Gasteiger charge is 2.08. The van der Waals surface area contributed by atoms with Gasteiger partial charge in [-0.25, -0.2) is 0 Å². The van der Waals surface area contributed by atoms with Crippen LogP contribution in [0.1, 0.15) is 17.3 Å². The van der Waals surface area contributed by atoms with E-state index in [1.165, 1.54) is 25.1 Å². The molecule has 1 rings (SSSR count). The summed E-state index contributed by atoms with van der Waals surface area (Å²) in [6.07, 6.45) is 0. The summed E-state index contributed by atoms with van der Waals surface area (Å²) in [5, 5.41) is 11.6. The number of carbonyl (C=O) groups excluding carboxylic acids is 2. The number of benzene rings is 1. The second-order valence-electron chi connectivity index (χ2n) is 3.05. The molecule has 1 aromatic carbocycles. The molecule has 0 radical (unpaired) electrons. The van der Waals surface area contributed by atoms with Crippen molar-refractivity contribution in [1.82, 2.24) is 5.32 Å². The highest BCUT2D eigenvalue weighted by Crippen LogP contribution is 2.23. The van der Waals surface area contributed by atoms with Crippen molar-refractivity contribution in [3.05, 3.63) is 28.8 Å². The van der Waals surface area contributed by atoms with Gasteiger partial charge in [0.2, 0.25) is 0 Å². The van der Waals surface area contributed by atoms with Crippen LogP contribution in [0.2, 0.25) is 5.02 Å². The average Bonchev–Trinajstić information content (AvgIpc) is 2.18. The van der Waals surface area contributed by atoms with E-state index >= 15 is 0 Å². The summed E-state index contributed by atoms with van der Waals surface area (Å²) in [6.45, 7) is 1.36. The Morgan fingerprint density at radius 1 is 1.47 bits per heavy atom. The van der Waals surface area contributed by atoms with Gasteiger partial charge in [-0.05, 0) is 25.1 Å². The maximum absolute atomic E-state index is 11.4. The lowest BCUT2D eigenvalue weighted by Gasteiger charge is -2.03. The number of aromatic hydroxyl groups is 1. The fourth-order valence-corrected chi connectivity index (χ4v) is 1.14. The van der Waals surface area contributed by atoms with Gasteiger partial charge in [-0.15, -0.1) is 0 Å². The Bertz CT molecular complexity index is 404. The quantitative estimate of drug-likeness (QED) is 0.820. The Labute approximate surface area is 91.9 Å². The van der Waals surface area contributed by atoms with E-state index in [0.29, 0.717) is 5.56 Å². The van der Waals surface area contributed by atoms with E-state index in [0.717, 1.165) is 0 Å². The van der Waals surface area contributed by atoms with Crippen LogP contribution in [-0.4, -0.2) is 23.3 Å². The lowest BCUT2D eigenvalue weighted by atomic mass is 10.2. The number of halogens is 1. The lowest BCUT2D eigenvalue weighted by molar-refractivity contribution is -0.116. The molecule has 80 valence electrons. The topological polar surface area (TPSA) is 66.4 Å². The van der Waals surface area contributed by atoms with Crippen molar-refractivity contribution < 1.29 is 14.7 Å². The average molecular weight is 228 g/mol. The van der Waals surface area contributed by atoms with Crippen LogP contribution in [0.15, 0.2) is 18.2 Å². The molecule has 4 nitrogen and oxygen atoms in total. The van der Waals surface area contributed by atoms with Gasteiger partial charge in [-0.2, -0.15) is 0 Å². The van der Waals surface area contributed by atoms with Crippen LogP contribution in [-0.2, 0) is 4.79 Å². The number of rotatable bonds is 3. The predicted molar refractivity (Wildman–Crippen MR) is 56.1 cm³/mol. The molecule has 2 N–H and O–H groups in total. The van der Waals surface area contributed by atoms with Crippen molar-refractivity contribution in [3.8, 4) is 5.75 Å². The number of nitrogens with one attached hydrogen (secondary N) is 1. The number of carbonyl (C=O) groups is 2. The highest BCUT2D eigenvalue weighted by atomic mass is 35.5. The smallest absolute Gasteiger partial charge is 0.251 e. The summed E-state index contributed by atoms with van der Waals surface area (Å²) < 4.78 is 0. The third-order valence-corrected chi connectivity index (χ3v) is 2.01. The minimum atomic E-state index is -0.396. The molecule has 0 atom stereocenters. The second-order valence-corrected chi connectivity index (χ2v) is 3.46. The normalized spacial score (nSPS) is 9.73. The molecular formula is C10H10ClNO3. The van der Waals surface area contributed by atoms with Gasteiger partial charge in [0.15, 0.2) is 0 Å². The summed E-state index contributed by atoms with van der Waals surface area (Å²) in [5.74, 6) is -0.611. The molecule has 0 spiro atoms. The molecule has 0 saturated carbocycles. The Hall–Kier alpha value is -1.55.